The van der Waals surface area contributed by atoms with Crippen LogP contribution >= 0.6 is 0 Å². The number of anilines is 2. The molecule has 6 N–H and O–H groups in total. The maximum atomic E-state index is 13.7. The molecule has 1 aromatic carbocycles. The van der Waals surface area contributed by atoms with E-state index in [1.54, 1.807) is 23.1 Å². The summed E-state index contributed by atoms with van der Waals surface area (Å²) in [4.78, 5) is 43.6. The molecule has 0 saturated carbocycles. The van der Waals surface area contributed by atoms with Gasteiger partial charge in [-0.25, -0.2) is 23.5 Å². The standard InChI is InChI=1S/C28H31F5N10O2.CH2O2/c1-2-16-11-18(3-4-19(16)26(44)36-6-7-37-27(45)41-9-5-17(34)13-41)39-24-25-38-12-21(43(25)10-8-35-24)20-14-42(15-22(29)30)40-23(20)28(31,32)33;2-1-3/h3-4,8,10-12,14,17,22H,2,5-7,9,13,15,34H2,1H3,(H,35,39)(H,36,44)(H,37,45);1H,(H,2,3). The first kappa shape index (κ1) is 35.5. The second kappa shape index (κ2) is 15.5. The fourth-order valence-electron chi connectivity index (χ4n) is 5.11. The summed E-state index contributed by atoms with van der Waals surface area (Å²) in [5, 5.41) is 18.9. The van der Waals surface area contributed by atoms with Gasteiger partial charge < -0.3 is 31.7 Å². The van der Waals surface area contributed by atoms with E-state index < -0.39 is 30.4 Å². The van der Waals surface area contributed by atoms with Gasteiger partial charge in [0.05, 0.1) is 17.5 Å². The molecule has 1 fully saturated rings. The van der Waals surface area contributed by atoms with Crippen LogP contribution in [0.5, 0.6) is 0 Å². The van der Waals surface area contributed by atoms with Crippen LogP contribution in [0.15, 0.2) is 43.0 Å². The van der Waals surface area contributed by atoms with Crippen LogP contribution in [-0.4, -0.2) is 91.2 Å². The minimum Gasteiger partial charge on any atom is -0.483 e. The fraction of sp³-hybridized carbons (Fsp3) is 0.379. The van der Waals surface area contributed by atoms with Gasteiger partial charge in [0.25, 0.3) is 18.8 Å². The molecule has 19 heteroatoms. The van der Waals surface area contributed by atoms with Gasteiger partial charge in [-0.1, -0.05) is 6.92 Å². The van der Waals surface area contributed by atoms with Crippen LogP contribution in [0, 0.1) is 0 Å². The van der Waals surface area contributed by atoms with Crippen LogP contribution in [0.25, 0.3) is 16.9 Å². The molecule has 4 aromatic rings. The Morgan fingerprint density at radius 2 is 1.92 bits per heavy atom. The maximum absolute atomic E-state index is 13.7. The van der Waals surface area contributed by atoms with E-state index in [-0.39, 0.29) is 54.7 Å². The number of aromatic nitrogens is 5. The minimum atomic E-state index is -4.89. The Balaban J connectivity index is 0.00000167. The number of hydrogen-bond donors (Lipinski definition) is 5. The molecule has 48 heavy (non-hydrogen) atoms. The highest BCUT2D eigenvalue weighted by molar-refractivity contribution is 5.96. The molecule has 3 amide bonds. The van der Waals surface area contributed by atoms with E-state index in [0.717, 1.165) is 12.6 Å². The lowest BCUT2D eigenvalue weighted by molar-refractivity contribution is -0.141. The Morgan fingerprint density at radius 1 is 1.19 bits per heavy atom. The van der Waals surface area contributed by atoms with E-state index in [2.05, 4.69) is 31.0 Å². The molecule has 4 heterocycles. The van der Waals surface area contributed by atoms with Crippen LogP contribution < -0.4 is 21.7 Å². The van der Waals surface area contributed by atoms with E-state index in [0.29, 0.717) is 41.0 Å². The van der Waals surface area contributed by atoms with Crippen molar-refractivity contribution in [3.63, 3.8) is 0 Å². The summed E-state index contributed by atoms with van der Waals surface area (Å²) < 4.78 is 68.9. The maximum Gasteiger partial charge on any atom is 0.435 e. The Kier molecular flexibility index (Phi) is 11.5. The van der Waals surface area contributed by atoms with Crippen LogP contribution in [0.2, 0.25) is 0 Å². The van der Waals surface area contributed by atoms with Crippen molar-refractivity contribution in [3.05, 3.63) is 59.8 Å². The Bertz CT molecular complexity index is 1740. The second-order valence-electron chi connectivity index (χ2n) is 10.6. The van der Waals surface area contributed by atoms with Crippen molar-refractivity contribution in [1.82, 2.24) is 39.7 Å². The lowest BCUT2D eigenvalue weighted by Crippen LogP contribution is -2.42. The molecule has 1 saturated heterocycles. The summed E-state index contributed by atoms with van der Waals surface area (Å²) in [5.41, 5.74) is 5.99. The molecule has 1 aliphatic heterocycles. The number of nitrogens with two attached hydrogens (primary N) is 1. The normalized spacial score (nSPS) is 14.5. The molecule has 14 nitrogen and oxygen atoms in total. The van der Waals surface area contributed by atoms with Gasteiger partial charge in [0.1, 0.15) is 6.54 Å². The third-order valence-corrected chi connectivity index (χ3v) is 7.25. The number of likely N-dealkylation sites (tertiary alicyclic amines) is 1. The Hall–Kier alpha value is -5.33. The predicted octanol–water partition coefficient (Wildman–Crippen LogP) is 3.36. The molecule has 5 rings (SSSR count). The number of benzene rings is 1. The number of alkyl halides is 5. The van der Waals surface area contributed by atoms with Gasteiger partial charge >= 0.3 is 12.2 Å². The van der Waals surface area contributed by atoms with Crippen molar-refractivity contribution in [3.8, 4) is 11.3 Å². The SMILES string of the molecule is CCc1cc(Nc2nccn3c(-c4cn(CC(F)F)nc4C(F)(F)F)cnc23)ccc1C(=O)NCCNC(=O)N1CCC(N)C1.O=CO. The van der Waals surface area contributed by atoms with Gasteiger partial charge in [-0.3, -0.25) is 18.7 Å². The fourth-order valence-corrected chi connectivity index (χ4v) is 5.11. The van der Waals surface area contributed by atoms with Crippen molar-refractivity contribution in [2.45, 2.75) is 45.0 Å². The summed E-state index contributed by atoms with van der Waals surface area (Å²) in [6.45, 7) is 2.20. The molecular formula is C29H33F5N10O4. The van der Waals surface area contributed by atoms with Crippen LogP contribution in [0.1, 0.15) is 35.0 Å². The average Bonchev–Trinajstić information content (AvgIpc) is 3.77. The van der Waals surface area contributed by atoms with Gasteiger partial charge in [-0.15, -0.1) is 0 Å². The number of imidazole rings is 1. The number of aryl methyl sites for hydroxylation is 1. The molecule has 1 atom stereocenters. The van der Waals surface area contributed by atoms with Gasteiger partial charge in [0, 0.05) is 62.1 Å². The molecule has 3 aromatic heterocycles. The summed E-state index contributed by atoms with van der Waals surface area (Å²) >= 11 is 0. The summed E-state index contributed by atoms with van der Waals surface area (Å²) in [7, 11) is 0. The number of urea groups is 1. The third kappa shape index (κ3) is 8.52. The number of nitrogens with one attached hydrogen (secondary N) is 3. The van der Waals surface area contributed by atoms with Crippen molar-refractivity contribution in [1.29, 1.82) is 0 Å². The highest BCUT2D eigenvalue weighted by atomic mass is 19.4. The zero-order valence-corrected chi connectivity index (χ0v) is 25.5. The predicted molar refractivity (Wildman–Crippen MR) is 163 cm³/mol. The molecule has 0 spiro atoms. The van der Waals surface area contributed by atoms with Gasteiger partial charge in [-0.2, -0.15) is 18.3 Å². The second-order valence-corrected chi connectivity index (χ2v) is 10.6. The van der Waals surface area contributed by atoms with Gasteiger partial charge in [0.15, 0.2) is 17.2 Å². The molecule has 0 radical (unpaired) electrons. The first-order chi connectivity index (χ1) is 22.9. The largest absolute Gasteiger partial charge is 0.483 e. The van der Waals surface area contributed by atoms with Crippen LogP contribution in [0.3, 0.4) is 0 Å². The van der Waals surface area contributed by atoms with Gasteiger partial charge in [0.2, 0.25) is 0 Å². The van der Waals surface area contributed by atoms with Crippen molar-refractivity contribution >= 4 is 35.6 Å². The van der Waals surface area contributed by atoms with Gasteiger partial charge in [-0.05, 0) is 36.6 Å². The number of carbonyl (C=O) groups is 3. The molecule has 1 unspecified atom stereocenters. The van der Waals surface area contributed by atoms with Crippen LogP contribution in [-0.2, 0) is 23.9 Å². The van der Waals surface area contributed by atoms with Crippen molar-refractivity contribution in [2.75, 3.05) is 31.5 Å². The Labute approximate surface area is 270 Å². The monoisotopic (exact) mass is 680 g/mol. The molecule has 258 valence electrons. The number of hydrogen-bond acceptors (Lipinski definition) is 8. The van der Waals surface area contributed by atoms with E-state index in [4.69, 9.17) is 15.6 Å². The first-order valence-corrected chi connectivity index (χ1v) is 14.7. The Morgan fingerprint density at radius 3 is 2.56 bits per heavy atom. The summed E-state index contributed by atoms with van der Waals surface area (Å²) in [6.07, 6.45) is -1.64. The topological polar surface area (TPSA) is 185 Å². The van der Waals surface area contributed by atoms with Crippen molar-refractivity contribution in [2.24, 2.45) is 5.73 Å². The number of halogens is 5. The smallest absolute Gasteiger partial charge is 0.435 e. The zero-order valence-electron chi connectivity index (χ0n) is 25.5. The first-order valence-electron chi connectivity index (χ1n) is 14.7. The molecule has 1 aliphatic rings. The van der Waals surface area contributed by atoms with E-state index in [9.17, 15) is 31.5 Å². The number of carboxylic acid groups (broad SMARTS) is 1. The summed E-state index contributed by atoms with van der Waals surface area (Å²) in [5.74, 6) is -0.104. The minimum absolute atomic E-state index is 0.00949. The highest BCUT2D eigenvalue weighted by Crippen LogP contribution is 2.37. The number of carbonyl (C=O) groups excluding carboxylic acids is 2. The number of rotatable bonds is 10. The molecule has 0 aliphatic carbocycles. The molecular weight excluding hydrogens is 647 g/mol. The number of amides is 3. The molecule has 0 bridgehead atoms. The van der Waals surface area contributed by atoms with E-state index in [1.807, 2.05) is 6.92 Å². The zero-order chi connectivity index (χ0) is 35.0. The van der Waals surface area contributed by atoms with Crippen LogP contribution in [0.4, 0.5) is 38.3 Å². The number of fused-ring (bicyclic) bond motifs is 1. The van der Waals surface area contributed by atoms with E-state index in [1.165, 1.54) is 23.0 Å². The quantitative estimate of drug-likeness (QED) is 0.0952. The lowest BCUT2D eigenvalue weighted by Gasteiger charge is -2.17. The third-order valence-electron chi connectivity index (χ3n) is 7.25. The highest BCUT2D eigenvalue weighted by Gasteiger charge is 2.38. The average molecular weight is 681 g/mol. The summed E-state index contributed by atoms with van der Waals surface area (Å²) in [6, 6.07) is 4.78. The lowest BCUT2D eigenvalue weighted by atomic mass is 10.0. The van der Waals surface area contributed by atoms with Crippen molar-refractivity contribution < 1.29 is 41.4 Å². The van der Waals surface area contributed by atoms with E-state index >= 15 is 0 Å². The number of nitrogens with zero attached hydrogens (tertiary/aromatic N) is 6.